The maximum atomic E-state index is 14.6. The number of hydrogen-bond acceptors (Lipinski definition) is 4. The van der Waals surface area contributed by atoms with Gasteiger partial charge in [-0.1, -0.05) is 175 Å². The van der Waals surface area contributed by atoms with Crippen molar-refractivity contribution in [3.8, 4) is 50.7 Å². The molecule has 5 nitrogen and oxygen atoms in total. The number of halogens is 1. The first-order valence-electron chi connectivity index (χ1n) is 24.5. The summed E-state index contributed by atoms with van der Waals surface area (Å²) in [5.74, 6) is 1.11. The summed E-state index contributed by atoms with van der Waals surface area (Å²) in [4.78, 5) is 9.07. The van der Waals surface area contributed by atoms with Crippen molar-refractivity contribution >= 4 is 44.6 Å². The number of nitrogens with zero attached hydrogens (tertiary/aromatic N) is 4. The standard InChI is InChI=1S/C67H42FN4O.Pt/c68-49-37-38-69-65(41-49)72-61-32-15-12-29-55(61)56-36-35-52(43-64(56)72)73-51-26-18-25-50(42-51)70-44-71(63-34-17-16-33-62(63)70)66-57(45-19-4-1-5-20-45)39-48(40-58(66)46-21-6-2-7-22-46)67(47-23-8-3-9-24-47)59-30-13-10-27-53(59)54-28-11-14-31-60(54)67;/h1-41,44H;/q-3;. The van der Waals surface area contributed by atoms with Crippen LogP contribution in [-0.4, -0.2) is 9.55 Å². The van der Waals surface area contributed by atoms with E-state index in [4.69, 9.17) is 4.74 Å². The van der Waals surface area contributed by atoms with Crippen LogP contribution in [0.1, 0.15) is 22.3 Å². The van der Waals surface area contributed by atoms with Gasteiger partial charge in [-0.05, 0) is 86.3 Å². The molecule has 0 fully saturated rings. The van der Waals surface area contributed by atoms with Crippen molar-refractivity contribution in [2.75, 3.05) is 9.80 Å². The number of anilines is 4. The van der Waals surface area contributed by atoms with Gasteiger partial charge in [0.05, 0.1) is 5.41 Å². The van der Waals surface area contributed by atoms with Crippen LogP contribution in [0.25, 0.3) is 61.0 Å². The van der Waals surface area contributed by atoms with Crippen molar-refractivity contribution in [1.82, 2.24) is 9.55 Å². The third-order valence-corrected chi connectivity index (χ3v) is 14.5. The minimum absolute atomic E-state index is 0. The second kappa shape index (κ2) is 18.3. The summed E-state index contributed by atoms with van der Waals surface area (Å²) in [6.07, 6.45) is 1.48. The Balaban J connectivity index is 0.00000528. The molecule has 14 rings (SSSR count). The van der Waals surface area contributed by atoms with Gasteiger partial charge in [-0.15, -0.1) is 48.1 Å². The molecule has 10 aromatic carbocycles. The molecule has 7 heteroatoms. The smallest absolute Gasteiger partial charge is 0.138 e. The molecule has 2 aliphatic rings. The zero-order valence-electron chi connectivity index (χ0n) is 39.6. The van der Waals surface area contributed by atoms with Crippen molar-refractivity contribution in [2.45, 2.75) is 5.41 Å². The Kier molecular flexibility index (Phi) is 11.2. The Morgan fingerprint density at radius 3 is 1.73 bits per heavy atom. The van der Waals surface area contributed by atoms with Crippen LogP contribution in [0.3, 0.4) is 0 Å². The largest absolute Gasteiger partial charge is 0.509 e. The Morgan fingerprint density at radius 1 is 0.473 bits per heavy atom. The Labute approximate surface area is 443 Å². The van der Waals surface area contributed by atoms with Gasteiger partial charge in [-0.3, -0.25) is 0 Å². The van der Waals surface area contributed by atoms with Gasteiger partial charge >= 0.3 is 0 Å². The van der Waals surface area contributed by atoms with Crippen molar-refractivity contribution in [1.29, 1.82) is 0 Å². The van der Waals surface area contributed by atoms with Gasteiger partial charge in [0.25, 0.3) is 0 Å². The molecule has 74 heavy (non-hydrogen) atoms. The Morgan fingerprint density at radius 2 is 1.05 bits per heavy atom. The number of rotatable bonds is 9. The number of aromatic nitrogens is 2. The van der Waals surface area contributed by atoms with E-state index in [2.05, 4.69) is 222 Å². The van der Waals surface area contributed by atoms with E-state index in [0.29, 0.717) is 17.3 Å². The fraction of sp³-hybridized carbons (Fsp3) is 0.0149. The van der Waals surface area contributed by atoms with Crippen LogP contribution in [0, 0.1) is 24.6 Å². The fourth-order valence-corrected chi connectivity index (χ4v) is 11.4. The van der Waals surface area contributed by atoms with Crippen molar-refractivity contribution in [3.05, 3.63) is 296 Å². The van der Waals surface area contributed by atoms with Crippen LogP contribution in [0.15, 0.2) is 249 Å². The van der Waals surface area contributed by atoms with Crippen LogP contribution in [-0.2, 0) is 26.5 Å². The Hall–Kier alpha value is -8.83. The molecule has 1 aliphatic carbocycles. The first-order chi connectivity index (χ1) is 36.1. The van der Waals surface area contributed by atoms with Gasteiger partial charge in [0, 0.05) is 78.5 Å². The molecule has 0 saturated carbocycles. The van der Waals surface area contributed by atoms with Crippen LogP contribution >= 0.6 is 0 Å². The van der Waals surface area contributed by atoms with Gasteiger partial charge in [-0.25, -0.2) is 9.37 Å². The van der Waals surface area contributed by atoms with Gasteiger partial charge in [0.2, 0.25) is 0 Å². The maximum absolute atomic E-state index is 14.6. The van der Waals surface area contributed by atoms with E-state index in [1.807, 2.05) is 47.0 Å². The third-order valence-electron chi connectivity index (χ3n) is 14.5. The predicted octanol–water partition coefficient (Wildman–Crippen LogP) is 16.8. The van der Waals surface area contributed by atoms with Gasteiger partial charge < -0.3 is 19.1 Å². The van der Waals surface area contributed by atoms with Gasteiger partial charge in [0.1, 0.15) is 11.6 Å². The molecule has 1 aliphatic heterocycles. The number of ether oxygens (including phenoxy) is 1. The van der Waals surface area contributed by atoms with E-state index in [9.17, 15) is 4.39 Å². The Bertz CT molecular complexity index is 3980. The molecular formula is C67H42FN4OPt-3. The number of pyridine rings is 1. The van der Waals surface area contributed by atoms with E-state index >= 15 is 0 Å². The van der Waals surface area contributed by atoms with E-state index in [1.165, 1.54) is 51.7 Å². The summed E-state index contributed by atoms with van der Waals surface area (Å²) >= 11 is 0. The number of fused-ring (bicyclic) bond motifs is 7. The molecule has 0 radical (unpaired) electrons. The molecule has 0 unspecified atom stereocenters. The summed E-state index contributed by atoms with van der Waals surface area (Å²) in [6, 6.07) is 91.7. The third kappa shape index (κ3) is 7.20. The van der Waals surface area contributed by atoms with Crippen LogP contribution in [0.5, 0.6) is 11.5 Å². The molecule has 356 valence electrons. The van der Waals surface area contributed by atoms with E-state index < -0.39 is 5.41 Å². The number of para-hydroxylation sites is 3. The molecule has 3 heterocycles. The second-order valence-electron chi connectivity index (χ2n) is 18.5. The fourth-order valence-electron chi connectivity index (χ4n) is 11.4. The summed E-state index contributed by atoms with van der Waals surface area (Å²) in [5.41, 5.74) is 16.7. The monoisotopic (exact) mass is 1130 g/mol. The van der Waals surface area contributed by atoms with Crippen molar-refractivity contribution < 1.29 is 30.2 Å². The minimum atomic E-state index is -0.622. The topological polar surface area (TPSA) is 33.5 Å². The summed E-state index contributed by atoms with van der Waals surface area (Å²) in [5, 5.41) is 1.97. The summed E-state index contributed by atoms with van der Waals surface area (Å²) in [6.45, 7) is 2.18. The second-order valence-corrected chi connectivity index (χ2v) is 18.5. The SMILES string of the molecule is Fc1ccnc(-n2c3[c-]c(Oc4[c-]c(N5[CH-]N(c6c(-c7ccccc7)cc(C7(c8ccccc8)c8ccccc8-c8ccccc87)cc6-c6ccccc6)c6ccccc65)ccc4)ccc3c3ccccc32)c1.[Pt]. The van der Waals surface area contributed by atoms with Crippen LogP contribution < -0.4 is 14.5 Å². The minimum Gasteiger partial charge on any atom is -0.509 e. The molecular weight excluding hydrogens is 1090 g/mol. The molecule has 0 bridgehead atoms. The molecule has 0 amide bonds. The first kappa shape index (κ1) is 45.1. The normalized spacial score (nSPS) is 13.1. The predicted molar refractivity (Wildman–Crippen MR) is 292 cm³/mol. The molecule has 0 N–H and O–H groups in total. The van der Waals surface area contributed by atoms with Gasteiger partial charge in [0.15, 0.2) is 0 Å². The molecule has 0 saturated heterocycles. The first-order valence-corrected chi connectivity index (χ1v) is 24.5. The maximum Gasteiger partial charge on any atom is 0.138 e. The number of benzene rings is 10. The summed E-state index contributed by atoms with van der Waals surface area (Å²) < 4.78 is 23.2. The average Bonchev–Trinajstić information content (AvgIpc) is 4.10. The zero-order chi connectivity index (χ0) is 48.5. The molecule has 2 aromatic heterocycles. The number of hydrogen-bond donors (Lipinski definition) is 0. The zero-order valence-corrected chi connectivity index (χ0v) is 41.9. The molecule has 0 spiro atoms. The van der Waals surface area contributed by atoms with Crippen molar-refractivity contribution in [2.24, 2.45) is 0 Å². The molecule has 0 atom stereocenters. The summed E-state index contributed by atoms with van der Waals surface area (Å²) in [7, 11) is 0. The quantitative estimate of drug-likeness (QED) is 0.135. The molecule has 12 aromatic rings. The van der Waals surface area contributed by atoms with Gasteiger partial charge in [-0.2, -0.15) is 12.1 Å². The average molecular weight is 1130 g/mol. The van der Waals surface area contributed by atoms with E-state index in [0.717, 1.165) is 66.8 Å². The van der Waals surface area contributed by atoms with Crippen LogP contribution in [0.4, 0.5) is 27.1 Å². The van der Waals surface area contributed by atoms with Crippen molar-refractivity contribution in [3.63, 3.8) is 0 Å². The van der Waals surface area contributed by atoms with E-state index in [-0.39, 0.29) is 26.9 Å². The van der Waals surface area contributed by atoms with E-state index in [1.54, 1.807) is 0 Å². The van der Waals surface area contributed by atoms with Crippen LogP contribution in [0.2, 0.25) is 0 Å².